The monoisotopic (exact) mass is 203 g/mol. The second kappa shape index (κ2) is 4.26. The summed E-state index contributed by atoms with van der Waals surface area (Å²) in [5.74, 6) is 0. The van der Waals surface area contributed by atoms with Gasteiger partial charge in [0.2, 0.25) is 0 Å². The van der Waals surface area contributed by atoms with Crippen LogP contribution in [-0.4, -0.2) is 0 Å². The minimum atomic E-state index is 0. The Balaban J connectivity index is 0.000000720. The summed E-state index contributed by atoms with van der Waals surface area (Å²) in [5, 5.41) is 2.16. The van der Waals surface area contributed by atoms with Gasteiger partial charge in [0.15, 0.2) is 0 Å². The van der Waals surface area contributed by atoms with E-state index in [1.807, 2.05) is 11.3 Å². The number of thiophene rings is 1. The van der Waals surface area contributed by atoms with Gasteiger partial charge in [-0.15, -0.1) is 23.7 Å². The quantitative estimate of drug-likeness (QED) is 0.645. The van der Waals surface area contributed by atoms with Crippen LogP contribution < -0.4 is 5.73 Å². The van der Waals surface area contributed by atoms with Crippen LogP contribution in [0, 0.1) is 0 Å². The summed E-state index contributed by atoms with van der Waals surface area (Å²) >= 11 is 1.86. The van der Waals surface area contributed by atoms with Crippen LogP contribution in [0.2, 0.25) is 0 Å². The standard InChI is InChI=1S/C9H13NS.ClH/c10-8-3-1-2-4-9-7(8)5-6-11-9;/h5-6,8H,1-4,10H2;1H. The van der Waals surface area contributed by atoms with Gasteiger partial charge in [-0.25, -0.2) is 0 Å². The smallest absolute Gasteiger partial charge is 0.0305 e. The molecule has 0 spiro atoms. The van der Waals surface area contributed by atoms with Crippen LogP contribution in [0.3, 0.4) is 0 Å². The molecule has 0 radical (unpaired) electrons. The zero-order chi connectivity index (χ0) is 7.68. The summed E-state index contributed by atoms with van der Waals surface area (Å²) in [5.41, 5.74) is 7.41. The van der Waals surface area contributed by atoms with Crippen LogP contribution >= 0.6 is 23.7 Å². The fourth-order valence-corrected chi connectivity index (χ4v) is 2.69. The topological polar surface area (TPSA) is 26.0 Å². The van der Waals surface area contributed by atoms with Crippen LogP contribution in [0.25, 0.3) is 0 Å². The largest absolute Gasteiger partial charge is 0.324 e. The Morgan fingerprint density at radius 2 is 2.25 bits per heavy atom. The molecule has 1 aliphatic carbocycles. The number of hydrogen-bond donors (Lipinski definition) is 1. The molecule has 1 aromatic heterocycles. The highest BCUT2D eigenvalue weighted by molar-refractivity contribution is 7.10. The Labute approximate surface area is 83.4 Å². The van der Waals surface area contributed by atoms with Gasteiger partial charge in [-0.2, -0.15) is 0 Å². The SMILES string of the molecule is Cl.NC1CCCCc2sccc21. The van der Waals surface area contributed by atoms with E-state index in [0.29, 0.717) is 6.04 Å². The van der Waals surface area contributed by atoms with Gasteiger partial charge < -0.3 is 5.73 Å². The Bertz CT molecular complexity index is 246. The highest BCUT2D eigenvalue weighted by atomic mass is 35.5. The minimum Gasteiger partial charge on any atom is -0.324 e. The predicted octanol–water partition coefficient (Wildman–Crippen LogP) is 2.90. The molecule has 1 aliphatic rings. The fourth-order valence-electron chi connectivity index (χ4n) is 1.69. The van der Waals surface area contributed by atoms with Crippen LogP contribution in [0.1, 0.15) is 35.7 Å². The van der Waals surface area contributed by atoms with E-state index < -0.39 is 0 Å². The van der Waals surface area contributed by atoms with Crippen molar-refractivity contribution in [1.29, 1.82) is 0 Å². The Kier molecular flexibility index (Phi) is 3.56. The lowest BCUT2D eigenvalue weighted by Crippen LogP contribution is -2.08. The summed E-state index contributed by atoms with van der Waals surface area (Å²) < 4.78 is 0. The summed E-state index contributed by atoms with van der Waals surface area (Å²) in [7, 11) is 0. The molecule has 0 saturated heterocycles. The minimum absolute atomic E-state index is 0. The molecule has 0 fully saturated rings. The van der Waals surface area contributed by atoms with Crippen molar-refractivity contribution in [2.45, 2.75) is 31.7 Å². The molecule has 1 aromatic rings. The third-order valence-electron chi connectivity index (χ3n) is 2.35. The molecule has 12 heavy (non-hydrogen) atoms. The van der Waals surface area contributed by atoms with Gasteiger partial charge >= 0.3 is 0 Å². The number of fused-ring (bicyclic) bond motifs is 1. The predicted molar refractivity (Wildman–Crippen MR) is 56.1 cm³/mol. The molecule has 0 bridgehead atoms. The van der Waals surface area contributed by atoms with E-state index in [4.69, 9.17) is 5.73 Å². The maximum absolute atomic E-state index is 6.00. The molecule has 2 rings (SSSR count). The van der Waals surface area contributed by atoms with Gasteiger partial charge in [-0.3, -0.25) is 0 Å². The van der Waals surface area contributed by atoms with Gasteiger partial charge in [0.1, 0.15) is 0 Å². The number of halogens is 1. The molecule has 1 heterocycles. The first-order chi connectivity index (χ1) is 5.38. The van der Waals surface area contributed by atoms with E-state index in [-0.39, 0.29) is 12.4 Å². The van der Waals surface area contributed by atoms with Gasteiger partial charge in [-0.1, -0.05) is 6.42 Å². The molecule has 2 N–H and O–H groups in total. The fraction of sp³-hybridized carbons (Fsp3) is 0.556. The number of nitrogens with two attached hydrogens (primary N) is 1. The van der Waals surface area contributed by atoms with E-state index in [1.54, 1.807) is 0 Å². The molecule has 0 saturated carbocycles. The van der Waals surface area contributed by atoms with Crippen LogP contribution in [-0.2, 0) is 6.42 Å². The van der Waals surface area contributed by atoms with E-state index in [0.717, 1.165) is 0 Å². The molecule has 3 heteroatoms. The average molecular weight is 204 g/mol. The van der Waals surface area contributed by atoms with Gasteiger partial charge in [0, 0.05) is 10.9 Å². The van der Waals surface area contributed by atoms with Crippen molar-refractivity contribution in [1.82, 2.24) is 0 Å². The maximum atomic E-state index is 6.00. The first-order valence-corrected chi connectivity index (χ1v) is 5.08. The zero-order valence-corrected chi connectivity index (χ0v) is 8.59. The van der Waals surface area contributed by atoms with Gasteiger partial charge in [0.25, 0.3) is 0 Å². The van der Waals surface area contributed by atoms with Crippen molar-refractivity contribution in [3.05, 3.63) is 21.9 Å². The van der Waals surface area contributed by atoms with Crippen molar-refractivity contribution in [2.75, 3.05) is 0 Å². The highest BCUT2D eigenvalue weighted by Crippen LogP contribution is 2.30. The van der Waals surface area contributed by atoms with Crippen LogP contribution in [0.4, 0.5) is 0 Å². The van der Waals surface area contributed by atoms with Crippen molar-refractivity contribution in [3.8, 4) is 0 Å². The number of rotatable bonds is 0. The molecular weight excluding hydrogens is 190 g/mol. The molecule has 0 aromatic carbocycles. The molecule has 0 amide bonds. The molecule has 1 atom stereocenters. The van der Waals surface area contributed by atoms with Gasteiger partial charge in [-0.05, 0) is 36.3 Å². The average Bonchev–Trinajstić information content (AvgIpc) is 2.40. The Morgan fingerprint density at radius 3 is 3.08 bits per heavy atom. The molecule has 0 aliphatic heterocycles. The Hall–Kier alpha value is -0.0500. The second-order valence-corrected chi connectivity index (χ2v) is 4.15. The lowest BCUT2D eigenvalue weighted by Gasteiger charge is -2.06. The third-order valence-corrected chi connectivity index (χ3v) is 3.34. The van der Waals surface area contributed by atoms with Crippen LogP contribution in [0.15, 0.2) is 11.4 Å². The van der Waals surface area contributed by atoms with Crippen molar-refractivity contribution in [2.24, 2.45) is 5.73 Å². The number of aryl methyl sites for hydroxylation is 1. The highest BCUT2D eigenvalue weighted by Gasteiger charge is 2.15. The maximum Gasteiger partial charge on any atom is 0.0305 e. The van der Waals surface area contributed by atoms with Gasteiger partial charge in [0.05, 0.1) is 0 Å². The first kappa shape index (κ1) is 10.0. The summed E-state index contributed by atoms with van der Waals surface area (Å²) in [4.78, 5) is 1.52. The zero-order valence-electron chi connectivity index (χ0n) is 6.95. The van der Waals surface area contributed by atoms with E-state index in [1.165, 1.54) is 36.1 Å². The van der Waals surface area contributed by atoms with E-state index in [9.17, 15) is 0 Å². The number of hydrogen-bond acceptors (Lipinski definition) is 2. The van der Waals surface area contributed by atoms with Crippen molar-refractivity contribution in [3.63, 3.8) is 0 Å². The van der Waals surface area contributed by atoms with Crippen molar-refractivity contribution >= 4 is 23.7 Å². The summed E-state index contributed by atoms with van der Waals surface area (Å²) in [6.45, 7) is 0. The summed E-state index contributed by atoms with van der Waals surface area (Å²) in [6.07, 6.45) is 5.04. The summed E-state index contributed by atoms with van der Waals surface area (Å²) in [6, 6.07) is 2.51. The Morgan fingerprint density at radius 1 is 1.42 bits per heavy atom. The molecule has 1 nitrogen and oxygen atoms in total. The molecule has 68 valence electrons. The van der Waals surface area contributed by atoms with Crippen LogP contribution in [0.5, 0.6) is 0 Å². The first-order valence-electron chi connectivity index (χ1n) is 4.20. The second-order valence-electron chi connectivity index (χ2n) is 3.15. The van der Waals surface area contributed by atoms with E-state index in [2.05, 4.69) is 11.4 Å². The lowest BCUT2D eigenvalue weighted by atomic mass is 10.1. The normalized spacial score (nSPS) is 22.2. The lowest BCUT2D eigenvalue weighted by molar-refractivity contribution is 0.615. The van der Waals surface area contributed by atoms with Crippen molar-refractivity contribution < 1.29 is 0 Å². The third kappa shape index (κ3) is 1.82. The molecular formula is C9H14ClNS. The van der Waals surface area contributed by atoms with E-state index >= 15 is 0 Å². The molecule has 1 unspecified atom stereocenters.